The van der Waals surface area contributed by atoms with Gasteiger partial charge < -0.3 is 4.42 Å². The number of hydrogen-bond acceptors (Lipinski definition) is 3. The van der Waals surface area contributed by atoms with Crippen molar-refractivity contribution in [1.82, 2.24) is 4.98 Å². The Bertz CT molecular complexity index is 3220. The highest BCUT2D eigenvalue weighted by atomic mass is 16.3. The van der Waals surface area contributed by atoms with E-state index >= 15 is 0 Å². The van der Waals surface area contributed by atoms with Crippen LogP contribution in [0.2, 0.25) is 0 Å². The van der Waals surface area contributed by atoms with E-state index in [2.05, 4.69) is 159 Å². The number of benzene rings is 8. The summed E-state index contributed by atoms with van der Waals surface area (Å²) >= 11 is 0. The lowest BCUT2D eigenvalue weighted by Crippen LogP contribution is -2.15. The second kappa shape index (κ2) is 10.4. The number of pyridine rings is 1. The molecule has 1 aliphatic rings. The summed E-state index contributed by atoms with van der Waals surface area (Å²) in [5.74, 6) is 0. The van der Waals surface area contributed by atoms with Gasteiger partial charge in [-0.05, 0) is 91.3 Å². The minimum Gasteiger partial charge on any atom is -0.455 e. The van der Waals surface area contributed by atoms with Crippen molar-refractivity contribution in [3.63, 3.8) is 0 Å². The lowest BCUT2D eigenvalue weighted by molar-refractivity contribution is 0.660. The fourth-order valence-electron chi connectivity index (χ4n) is 8.88. The second-order valence-electron chi connectivity index (χ2n) is 14.6. The largest absolute Gasteiger partial charge is 0.455 e. The van der Waals surface area contributed by atoms with Crippen LogP contribution in [-0.4, -0.2) is 4.98 Å². The Kier molecular flexibility index (Phi) is 5.80. The van der Waals surface area contributed by atoms with Gasteiger partial charge in [0.1, 0.15) is 11.2 Å². The summed E-state index contributed by atoms with van der Waals surface area (Å²) in [7, 11) is 0. The predicted molar refractivity (Wildman–Crippen MR) is 215 cm³/mol. The third-order valence-corrected chi connectivity index (χ3v) is 11.4. The molecule has 1 aliphatic carbocycles. The third-order valence-electron chi connectivity index (χ3n) is 11.4. The highest BCUT2D eigenvalue weighted by Crippen LogP contribution is 2.51. The number of hydrogen-bond donors (Lipinski definition) is 0. The molecule has 0 N–H and O–H groups in total. The van der Waals surface area contributed by atoms with Crippen LogP contribution in [0.3, 0.4) is 0 Å². The SMILES string of the molecule is CC1(C)c2cc(C#N)ccc2-c2ccc(-c3ccc4c(c3)nc(-c3ccccc3)c3c5ccccc5c5c6cc7ccccc7cc6oc5c43)cc21. The first kappa shape index (κ1) is 29.0. The molecule has 10 aromatic rings. The van der Waals surface area contributed by atoms with E-state index in [0.717, 1.165) is 82.2 Å². The molecule has 0 spiro atoms. The summed E-state index contributed by atoms with van der Waals surface area (Å²) in [4.78, 5) is 5.50. The summed E-state index contributed by atoms with van der Waals surface area (Å²) in [6, 6.07) is 54.1. The van der Waals surface area contributed by atoms with Gasteiger partial charge in [-0.2, -0.15) is 5.26 Å². The van der Waals surface area contributed by atoms with Crippen molar-refractivity contribution in [3.8, 4) is 39.6 Å². The van der Waals surface area contributed by atoms with Gasteiger partial charge >= 0.3 is 0 Å². The van der Waals surface area contributed by atoms with Crippen molar-refractivity contribution in [2.75, 3.05) is 0 Å². The first-order chi connectivity index (χ1) is 25.5. The van der Waals surface area contributed by atoms with Gasteiger partial charge in [0.15, 0.2) is 0 Å². The van der Waals surface area contributed by atoms with Crippen molar-refractivity contribution in [3.05, 3.63) is 162 Å². The van der Waals surface area contributed by atoms with Crippen LogP contribution in [0.5, 0.6) is 0 Å². The molecule has 0 saturated carbocycles. The Morgan fingerprint density at radius 3 is 1.98 bits per heavy atom. The molecule has 2 aromatic heterocycles. The number of aromatic nitrogens is 1. The highest BCUT2D eigenvalue weighted by Gasteiger charge is 2.36. The van der Waals surface area contributed by atoms with Crippen molar-refractivity contribution < 1.29 is 4.42 Å². The Hall–Kier alpha value is -6.76. The van der Waals surface area contributed by atoms with E-state index in [1.54, 1.807) is 0 Å². The van der Waals surface area contributed by atoms with Crippen LogP contribution in [0.4, 0.5) is 0 Å². The number of rotatable bonds is 2. The summed E-state index contributed by atoms with van der Waals surface area (Å²) in [6.45, 7) is 4.52. The Balaban J connectivity index is 1.22. The van der Waals surface area contributed by atoms with E-state index in [9.17, 15) is 5.26 Å². The molecule has 3 heteroatoms. The average Bonchev–Trinajstić information content (AvgIpc) is 3.67. The monoisotopic (exact) mass is 662 g/mol. The zero-order chi connectivity index (χ0) is 34.7. The molecule has 0 aliphatic heterocycles. The third kappa shape index (κ3) is 3.92. The minimum atomic E-state index is -0.224. The van der Waals surface area contributed by atoms with Gasteiger partial charge in [-0.15, -0.1) is 0 Å². The highest BCUT2D eigenvalue weighted by molar-refractivity contribution is 6.36. The number of nitriles is 1. The standard InChI is InChI=1S/C49H30N2O/c1-49(2)40-22-28(27-50)16-19-34(40)35-20-17-32(24-41(35)49)33-18-21-38-42(25-33)51-47(29-10-4-3-5-11-29)45-37-15-9-8-14-36(37)44-39-23-30-12-6-7-13-31(30)26-43(39)52-48(44)46(38)45/h3-26H,1-2H3. The molecule has 0 amide bonds. The molecule has 0 bridgehead atoms. The molecule has 0 radical (unpaired) electrons. The normalized spacial score (nSPS) is 13.3. The molecule has 0 fully saturated rings. The number of nitrogens with zero attached hydrogens (tertiary/aromatic N) is 2. The minimum absolute atomic E-state index is 0.224. The van der Waals surface area contributed by atoms with Crippen LogP contribution in [-0.2, 0) is 5.41 Å². The topological polar surface area (TPSA) is 49.8 Å². The average molecular weight is 663 g/mol. The van der Waals surface area contributed by atoms with E-state index in [-0.39, 0.29) is 5.41 Å². The predicted octanol–water partition coefficient (Wildman–Crippen LogP) is 13.1. The van der Waals surface area contributed by atoms with Gasteiger partial charge in [-0.3, -0.25) is 0 Å². The molecule has 3 nitrogen and oxygen atoms in total. The molecule has 0 unspecified atom stereocenters. The zero-order valence-electron chi connectivity index (χ0n) is 28.7. The molecule has 0 saturated heterocycles. The summed E-state index contributed by atoms with van der Waals surface area (Å²) in [5.41, 5.74) is 12.4. The molecule has 0 atom stereocenters. The van der Waals surface area contributed by atoms with E-state index in [0.29, 0.717) is 5.56 Å². The van der Waals surface area contributed by atoms with Crippen LogP contribution < -0.4 is 0 Å². The van der Waals surface area contributed by atoms with Crippen LogP contribution in [0.25, 0.3) is 98.7 Å². The molecule has 52 heavy (non-hydrogen) atoms. The van der Waals surface area contributed by atoms with Crippen molar-refractivity contribution in [2.24, 2.45) is 0 Å². The molecular formula is C49H30N2O. The van der Waals surface area contributed by atoms with E-state index in [1.807, 2.05) is 6.07 Å². The van der Waals surface area contributed by atoms with Crippen molar-refractivity contribution in [1.29, 1.82) is 5.26 Å². The lowest BCUT2D eigenvalue weighted by atomic mass is 9.81. The fraction of sp³-hybridized carbons (Fsp3) is 0.0612. The fourth-order valence-corrected chi connectivity index (χ4v) is 8.88. The smallest absolute Gasteiger partial charge is 0.144 e. The quantitative estimate of drug-likeness (QED) is 0.173. The van der Waals surface area contributed by atoms with Gasteiger partial charge in [0.25, 0.3) is 0 Å². The maximum absolute atomic E-state index is 9.62. The van der Waals surface area contributed by atoms with Crippen molar-refractivity contribution >= 4 is 65.2 Å². The lowest BCUT2D eigenvalue weighted by Gasteiger charge is -2.22. The molecule has 2 heterocycles. The maximum atomic E-state index is 9.62. The van der Waals surface area contributed by atoms with Gasteiger partial charge in [0.2, 0.25) is 0 Å². The van der Waals surface area contributed by atoms with Gasteiger partial charge in [-0.25, -0.2) is 4.98 Å². The van der Waals surface area contributed by atoms with E-state index in [4.69, 9.17) is 9.40 Å². The van der Waals surface area contributed by atoms with Crippen molar-refractivity contribution in [2.45, 2.75) is 19.3 Å². The van der Waals surface area contributed by atoms with Crippen LogP contribution in [0, 0.1) is 11.3 Å². The van der Waals surface area contributed by atoms with Crippen LogP contribution in [0.1, 0.15) is 30.5 Å². The Morgan fingerprint density at radius 1 is 0.538 bits per heavy atom. The molecule has 8 aromatic carbocycles. The summed E-state index contributed by atoms with van der Waals surface area (Å²) in [5, 5.41) is 19.8. The van der Waals surface area contributed by atoms with Gasteiger partial charge in [0, 0.05) is 37.9 Å². The van der Waals surface area contributed by atoms with Gasteiger partial charge in [0.05, 0.1) is 22.8 Å². The Labute approximate surface area is 300 Å². The molecule has 11 rings (SSSR count). The molecular weight excluding hydrogens is 633 g/mol. The number of fused-ring (bicyclic) bond motifs is 14. The first-order valence-corrected chi connectivity index (χ1v) is 17.8. The summed E-state index contributed by atoms with van der Waals surface area (Å²) in [6.07, 6.45) is 0. The number of furan rings is 1. The first-order valence-electron chi connectivity index (χ1n) is 17.8. The van der Waals surface area contributed by atoms with Crippen LogP contribution >= 0.6 is 0 Å². The van der Waals surface area contributed by atoms with E-state index < -0.39 is 0 Å². The summed E-state index contributed by atoms with van der Waals surface area (Å²) < 4.78 is 6.97. The van der Waals surface area contributed by atoms with Crippen LogP contribution in [0.15, 0.2) is 150 Å². The molecule has 242 valence electrons. The van der Waals surface area contributed by atoms with E-state index in [1.165, 1.54) is 27.6 Å². The Morgan fingerprint density at radius 2 is 1.19 bits per heavy atom. The maximum Gasteiger partial charge on any atom is 0.144 e. The second-order valence-corrected chi connectivity index (χ2v) is 14.6. The van der Waals surface area contributed by atoms with Gasteiger partial charge in [-0.1, -0.05) is 123 Å². The zero-order valence-corrected chi connectivity index (χ0v) is 28.7.